The fourth-order valence-corrected chi connectivity index (χ4v) is 3.52. The number of hydrogen-bond acceptors (Lipinski definition) is 5. The van der Waals surface area contributed by atoms with Crippen molar-refractivity contribution in [2.24, 2.45) is 0 Å². The van der Waals surface area contributed by atoms with E-state index >= 15 is 0 Å². The Morgan fingerprint density at radius 3 is 2.72 bits per heavy atom. The van der Waals surface area contributed by atoms with E-state index in [1.165, 1.54) is 13.2 Å². The molecule has 148 valence electrons. The summed E-state index contributed by atoms with van der Waals surface area (Å²) >= 11 is 0. The SMILES string of the molecule is COc1cccc2cc(C(=O)Nc3ccc(C)c(N4CCCC4=O)c3)c(=O)oc12. The number of aryl methyl sites for hydroxylation is 1. The maximum atomic E-state index is 12.7. The second kappa shape index (κ2) is 7.43. The van der Waals surface area contributed by atoms with Crippen molar-refractivity contribution in [3.8, 4) is 5.75 Å². The lowest BCUT2D eigenvalue weighted by Gasteiger charge is -2.19. The summed E-state index contributed by atoms with van der Waals surface area (Å²) in [5.74, 6) is -0.0864. The van der Waals surface area contributed by atoms with E-state index in [-0.39, 0.29) is 11.5 Å². The van der Waals surface area contributed by atoms with Crippen molar-refractivity contribution in [2.75, 3.05) is 23.9 Å². The van der Waals surface area contributed by atoms with Crippen LogP contribution in [0.25, 0.3) is 11.0 Å². The highest BCUT2D eigenvalue weighted by Crippen LogP contribution is 2.29. The van der Waals surface area contributed by atoms with Gasteiger partial charge in [-0.1, -0.05) is 18.2 Å². The molecule has 1 fully saturated rings. The Kier molecular flexibility index (Phi) is 4.80. The second-order valence-corrected chi connectivity index (χ2v) is 6.93. The first-order chi connectivity index (χ1) is 14.0. The van der Waals surface area contributed by atoms with Crippen LogP contribution in [0.5, 0.6) is 5.75 Å². The highest BCUT2D eigenvalue weighted by molar-refractivity contribution is 6.06. The summed E-state index contributed by atoms with van der Waals surface area (Å²) in [6, 6.07) is 12.0. The summed E-state index contributed by atoms with van der Waals surface area (Å²) in [7, 11) is 1.48. The molecule has 1 N–H and O–H groups in total. The number of nitrogens with zero attached hydrogens (tertiary/aromatic N) is 1. The fraction of sp³-hybridized carbons (Fsp3) is 0.227. The number of benzene rings is 2. The van der Waals surface area contributed by atoms with E-state index in [4.69, 9.17) is 9.15 Å². The van der Waals surface area contributed by atoms with E-state index in [1.54, 1.807) is 35.2 Å². The Hall–Kier alpha value is -3.61. The predicted octanol–water partition coefficient (Wildman–Crippen LogP) is 3.49. The molecule has 2 aromatic carbocycles. The van der Waals surface area contributed by atoms with Crippen LogP contribution in [0, 0.1) is 6.92 Å². The largest absolute Gasteiger partial charge is 0.493 e. The average molecular weight is 392 g/mol. The van der Waals surface area contributed by atoms with E-state index in [0.717, 1.165) is 17.7 Å². The van der Waals surface area contributed by atoms with Gasteiger partial charge in [0, 0.05) is 29.7 Å². The van der Waals surface area contributed by atoms with Gasteiger partial charge in [0.1, 0.15) is 5.56 Å². The van der Waals surface area contributed by atoms with Gasteiger partial charge in [-0.05, 0) is 43.2 Å². The van der Waals surface area contributed by atoms with E-state index < -0.39 is 11.5 Å². The third-order valence-electron chi connectivity index (χ3n) is 5.02. The van der Waals surface area contributed by atoms with Gasteiger partial charge in [0.15, 0.2) is 11.3 Å². The lowest BCUT2D eigenvalue weighted by atomic mass is 10.1. The minimum atomic E-state index is -0.749. The Bertz CT molecular complexity index is 1180. The maximum Gasteiger partial charge on any atom is 0.349 e. The van der Waals surface area contributed by atoms with Crippen LogP contribution in [-0.2, 0) is 4.79 Å². The standard InChI is InChI=1S/C22H20N2O5/c1-13-8-9-15(12-17(13)24-10-4-7-19(24)25)23-21(26)16-11-14-5-3-6-18(28-2)20(14)29-22(16)27/h3,5-6,8-9,11-12H,4,7,10H2,1-2H3,(H,23,26). The van der Waals surface area contributed by atoms with Gasteiger partial charge in [0.25, 0.3) is 5.91 Å². The summed E-state index contributed by atoms with van der Waals surface area (Å²) in [4.78, 5) is 38.9. The first-order valence-electron chi connectivity index (χ1n) is 9.31. The van der Waals surface area contributed by atoms with E-state index in [2.05, 4.69) is 5.32 Å². The highest BCUT2D eigenvalue weighted by Gasteiger charge is 2.23. The number of amides is 2. The zero-order chi connectivity index (χ0) is 20.5. The lowest BCUT2D eigenvalue weighted by Crippen LogP contribution is -2.25. The van der Waals surface area contributed by atoms with Crippen LogP contribution in [-0.4, -0.2) is 25.5 Å². The van der Waals surface area contributed by atoms with Crippen molar-refractivity contribution < 1.29 is 18.7 Å². The van der Waals surface area contributed by atoms with Gasteiger partial charge >= 0.3 is 5.63 Å². The first kappa shape index (κ1) is 18.7. The molecule has 1 aliphatic rings. The monoisotopic (exact) mass is 392 g/mol. The molecular formula is C22H20N2O5. The van der Waals surface area contributed by atoms with Crippen LogP contribution in [0.2, 0.25) is 0 Å². The van der Waals surface area contributed by atoms with E-state index in [9.17, 15) is 14.4 Å². The highest BCUT2D eigenvalue weighted by atomic mass is 16.5. The lowest BCUT2D eigenvalue weighted by molar-refractivity contribution is -0.117. The number of hydrogen-bond donors (Lipinski definition) is 1. The van der Waals surface area contributed by atoms with Crippen molar-refractivity contribution in [1.29, 1.82) is 0 Å². The number of carbonyl (C=O) groups excluding carboxylic acids is 2. The Morgan fingerprint density at radius 1 is 1.17 bits per heavy atom. The quantitative estimate of drug-likeness (QED) is 0.687. The topological polar surface area (TPSA) is 88.9 Å². The van der Waals surface area contributed by atoms with Crippen molar-refractivity contribution in [3.63, 3.8) is 0 Å². The minimum absolute atomic E-state index is 0.0701. The van der Waals surface area contributed by atoms with Gasteiger partial charge in [0.2, 0.25) is 5.91 Å². The number of methoxy groups -OCH3 is 1. The van der Waals surface area contributed by atoms with Gasteiger partial charge in [0.05, 0.1) is 7.11 Å². The van der Waals surface area contributed by atoms with Crippen molar-refractivity contribution in [2.45, 2.75) is 19.8 Å². The Morgan fingerprint density at radius 2 is 2.00 bits per heavy atom. The molecule has 2 heterocycles. The van der Waals surface area contributed by atoms with Gasteiger partial charge in [-0.25, -0.2) is 4.79 Å². The van der Waals surface area contributed by atoms with Crippen molar-refractivity contribution in [1.82, 2.24) is 0 Å². The van der Waals surface area contributed by atoms with E-state index in [1.807, 2.05) is 13.0 Å². The normalized spacial score (nSPS) is 13.7. The van der Waals surface area contributed by atoms with Gasteiger partial charge in [-0.2, -0.15) is 0 Å². The molecule has 1 saturated heterocycles. The van der Waals surface area contributed by atoms with Crippen LogP contribution in [0.3, 0.4) is 0 Å². The summed E-state index contributed by atoms with van der Waals surface area (Å²) in [6.45, 7) is 2.57. The van der Waals surface area contributed by atoms with Gasteiger partial charge < -0.3 is 19.4 Å². The van der Waals surface area contributed by atoms with Gasteiger partial charge in [-0.3, -0.25) is 9.59 Å². The molecule has 2 amide bonds. The van der Waals surface area contributed by atoms with Crippen molar-refractivity contribution >= 4 is 34.2 Å². The van der Waals surface area contributed by atoms with Crippen LogP contribution < -0.4 is 20.6 Å². The molecule has 1 aliphatic heterocycles. The smallest absolute Gasteiger partial charge is 0.349 e. The summed E-state index contributed by atoms with van der Waals surface area (Å²) < 4.78 is 10.5. The van der Waals surface area contributed by atoms with Crippen LogP contribution in [0.1, 0.15) is 28.8 Å². The molecule has 0 radical (unpaired) electrons. The predicted molar refractivity (Wildman–Crippen MR) is 110 cm³/mol. The third kappa shape index (κ3) is 3.47. The number of rotatable bonds is 4. The average Bonchev–Trinajstić information content (AvgIpc) is 3.14. The number of ether oxygens (including phenoxy) is 1. The molecule has 7 heteroatoms. The zero-order valence-electron chi connectivity index (χ0n) is 16.2. The van der Waals surface area contributed by atoms with Crippen LogP contribution in [0.4, 0.5) is 11.4 Å². The molecule has 1 aromatic heterocycles. The summed E-state index contributed by atoms with van der Waals surface area (Å²) in [5.41, 5.74) is 1.64. The summed E-state index contributed by atoms with van der Waals surface area (Å²) in [6.07, 6.45) is 1.34. The molecule has 0 atom stereocenters. The molecule has 0 aliphatic carbocycles. The Balaban J connectivity index is 1.65. The Labute approximate surface area is 166 Å². The molecular weight excluding hydrogens is 372 g/mol. The molecule has 7 nitrogen and oxygen atoms in total. The number of para-hydroxylation sites is 1. The van der Waals surface area contributed by atoms with E-state index in [0.29, 0.717) is 35.4 Å². The molecule has 0 bridgehead atoms. The molecule has 0 saturated carbocycles. The number of carbonyl (C=O) groups is 2. The number of nitrogens with one attached hydrogen (secondary N) is 1. The third-order valence-corrected chi connectivity index (χ3v) is 5.02. The minimum Gasteiger partial charge on any atom is -0.493 e. The van der Waals surface area contributed by atoms with Crippen LogP contribution in [0.15, 0.2) is 51.7 Å². The molecule has 4 rings (SSSR count). The second-order valence-electron chi connectivity index (χ2n) is 6.93. The maximum absolute atomic E-state index is 12.7. The molecule has 29 heavy (non-hydrogen) atoms. The van der Waals surface area contributed by atoms with Crippen molar-refractivity contribution in [3.05, 3.63) is 64.0 Å². The van der Waals surface area contributed by atoms with Crippen LogP contribution >= 0.6 is 0 Å². The zero-order valence-corrected chi connectivity index (χ0v) is 16.2. The number of fused-ring (bicyclic) bond motifs is 1. The summed E-state index contributed by atoms with van der Waals surface area (Å²) in [5, 5.41) is 3.31. The fourth-order valence-electron chi connectivity index (χ4n) is 3.52. The molecule has 3 aromatic rings. The first-order valence-corrected chi connectivity index (χ1v) is 9.31. The molecule has 0 spiro atoms. The van der Waals surface area contributed by atoms with Gasteiger partial charge in [-0.15, -0.1) is 0 Å². The number of anilines is 2. The molecule has 0 unspecified atom stereocenters.